The van der Waals surface area contributed by atoms with Gasteiger partial charge >= 0.3 is 0 Å². The van der Waals surface area contributed by atoms with Crippen molar-refractivity contribution in [1.29, 1.82) is 0 Å². The van der Waals surface area contributed by atoms with Gasteiger partial charge in [0.1, 0.15) is 0 Å². The van der Waals surface area contributed by atoms with Crippen molar-refractivity contribution in [1.82, 2.24) is 4.90 Å². The Balaban J connectivity index is 3.90. The van der Waals surface area contributed by atoms with Crippen LogP contribution in [0.15, 0.2) is 0 Å². The van der Waals surface area contributed by atoms with Gasteiger partial charge in [-0.25, -0.2) is 8.78 Å². The highest BCUT2D eigenvalue weighted by Crippen LogP contribution is 2.08. The molecular weight excluding hydrogens is 174 g/mol. The van der Waals surface area contributed by atoms with Crippen LogP contribution in [0.5, 0.6) is 0 Å². The van der Waals surface area contributed by atoms with E-state index in [1.54, 1.807) is 4.90 Å². The molecule has 0 aromatic rings. The Hall–Kier alpha value is -0.220. The highest BCUT2D eigenvalue weighted by atomic mass is 19.3. The summed E-state index contributed by atoms with van der Waals surface area (Å²) in [6, 6.07) is 0.211. The van der Waals surface area contributed by atoms with Gasteiger partial charge in [-0.3, -0.25) is 4.90 Å². The Labute approximate surface area is 79.1 Å². The van der Waals surface area contributed by atoms with Crippen LogP contribution in [-0.4, -0.2) is 37.0 Å². The van der Waals surface area contributed by atoms with Crippen LogP contribution >= 0.6 is 0 Å². The van der Waals surface area contributed by atoms with Gasteiger partial charge in [0.15, 0.2) is 0 Å². The molecule has 1 unspecified atom stereocenters. The Morgan fingerprint density at radius 2 is 2.00 bits per heavy atom. The minimum atomic E-state index is -2.26. The molecule has 2 nitrogen and oxygen atoms in total. The summed E-state index contributed by atoms with van der Waals surface area (Å²) in [5.41, 5.74) is 5.35. The van der Waals surface area contributed by atoms with E-state index in [1.165, 1.54) is 0 Å². The van der Waals surface area contributed by atoms with Crippen LogP contribution in [0.2, 0.25) is 0 Å². The molecule has 0 aliphatic rings. The van der Waals surface area contributed by atoms with Gasteiger partial charge in [0.2, 0.25) is 0 Å². The zero-order valence-electron chi connectivity index (χ0n) is 8.47. The summed E-state index contributed by atoms with van der Waals surface area (Å²) in [5, 5.41) is 0. The molecular formula is C9H20F2N2. The largest absolute Gasteiger partial charge is 0.329 e. The predicted octanol–water partition coefficient (Wildman–Crippen LogP) is 1.70. The molecule has 2 N–H and O–H groups in total. The van der Waals surface area contributed by atoms with Crippen LogP contribution in [-0.2, 0) is 0 Å². The number of halogens is 2. The number of nitrogens with two attached hydrogens (primary N) is 1. The molecule has 0 heterocycles. The number of alkyl halides is 2. The molecule has 0 aromatic carbocycles. The van der Waals surface area contributed by atoms with Gasteiger partial charge in [-0.2, -0.15) is 0 Å². The second kappa shape index (κ2) is 7.21. The fourth-order valence-electron chi connectivity index (χ4n) is 1.44. The van der Waals surface area contributed by atoms with Gasteiger partial charge in [0, 0.05) is 19.1 Å². The number of nitrogens with zero attached hydrogens (tertiary/aromatic N) is 1. The van der Waals surface area contributed by atoms with E-state index in [2.05, 4.69) is 6.92 Å². The van der Waals surface area contributed by atoms with E-state index < -0.39 is 6.43 Å². The van der Waals surface area contributed by atoms with Gasteiger partial charge in [0.05, 0.1) is 6.54 Å². The van der Waals surface area contributed by atoms with E-state index in [-0.39, 0.29) is 12.6 Å². The van der Waals surface area contributed by atoms with Crippen molar-refractivity contribution in [3.63, 3.8) is 0 Å². The first kappa shape index (κ1) is 12.8. The molecule has 80 valence electrons. The first-order valence-corrected chi connectivity index (χ1v) is 4.84. The molecule has 0 saturated heterocycles. The maximum absolute atomic E-state index is 12.1. The highest BCUT2D eigenvalue weighted by molar-refractivity contribution is 4.68. The molecule has 0 aliphatic heterocycles. The molecule has 0 rings (SSSR count). The summed E-state index contributed by atoms with van der Waals surface area (Å²) in [6.07, 6.45) is -0.288. The summed E-state index contributed by atoms with van der Waals surface area (Å²) >= 11 is 0. The fourth-order valence-corrected chi connectivity index (χ4v) is 1.44. The monoisotopic (exact) mass is 194 g/mol. The van der Waals surface area contributed by atoms with E-state index in [4.69, 9.17) is 5.73 Å². The van der Waals surface area contributed by atoms with Crippen LogP contribution in [0.1, 0.15) is 26.7 Å². The minimum absolute atomic E-state index is 0.154. The Morgan fingerprint density at radius 1 is 1.38 bits per heavy atom. The molecule has 4 heteroatoms. The third-order valence-corrected chi connectivity index (χ3v) is 2.12. The maximum Gasteiger partial charge on any atom is 0.251 e. The average Bonchev–Trinajstić information content (AvgIpc) is 2.03. The van der Waals surface area contributed by atoms with Crippen LogP contribution < -0.4 is 5.73 Å². The van der Waals surface area contributed by atoms with Crippen LogP contribution in [0.4, 0.5) is 8.78 Å². The lowest BCUT2D eigenvalue weighted by molar-refractivity contribution is 0.0688. The highest BCUT2D eigenvalue weighted by Gasteiger charge is 2.16. The van der Waals surface area contributed by atoms with Gasteiger partial charge in [0.25, 0.3) is 6.43 Å². The maximum atomic E-state index is 12.1. The molecule has 0 aromatic heterocycles. The third-order valence-electron chi connectivity index (χ3n) is 2.12. The smallest absolute Gasteiger partial charge is 0.251 e. The molecule has 0 saturated carbocycles. The molecule has 0 spiro atoms. The van der Waals surface area contributed by atoms with E-state index in [0.29, 0.717) is 13.1 Å². The van der Waals surface area contributed by atoms with Gasteiger partial charge in [-0.1, -0.05) is 13.3 Å². The lowest BCUT2D eigenvalue weighted by Gasteiger charge is -2.27. The predicted molar refractivity (Wildman–Crippen MR) is 51.0 cm³/mol. The van der Waals surface area contributed by atoms with Crippen LogP contribution in [0, 0.1) is 0 Å². The molecule has 1 atom stereocenters. The Morgan fingerprint density at radius 3 is 2.38 bits per heavy atom. The molecule has 0 radical (unpaired) electrons. The summed E-state index contributed by atoms with van der Waals surface area (Å²) in [7, 11) is 0. The van der Waals surface area contributed by atoms with Crippen molar-refractivity contribution < 1.29 is 8.78 Å². The lowest BCUT2D eigenvalue weighted by atomic mass is 10.1. The first-order chi connectivity index (χ1) is 6.11. The summed E-state index contributed by atoms with van der Waals surface area (Å²) in [5.74, 6) is 0. The van der Waals surface area contributed by atoms with Crippen LogP contribution in [0.3, 0.4) is 0 Å². The topological polar surface area (TPSA) is 29.3 Å². The van der Waals surface area contributed by atoms with Gasteiger partial charge in [-0.15, -0.1) is 0 Å². The second-order valence-electron chi connectivity index (χ2n) is 3.31. The lowest BCUT2D eigenvalue weighted by Crippen LogP contribution is -2.40. The zero-order valence-corrected chi connectivity index (χ0v) is 8.47. The third kappa shape index (κ3) is 5.93. The van der Waals surface area contributed by atoms with Crippen molar-refractivity contribution in [2.45, 2.75) is 39.2 Å². The number of hydrogen-bond acceptors (Lipinski definition) is 2. The van der Waals surface area contributed by atoms with E-state index >= 15 is 0 Å². The fraction of sp³-hybridized carbons (Fsp3) is 1.00. The van der Waals surface area contributed by atoms with Crippen molar-refractivity contribution in [2.75, 3.05) is 19.6 Å². The molecule has 0 fully saturated rings. The average molecular weight is 194 g/mol. The van der Waals surface area contributed by atoms with Crippen molar-refractivity contribution in [3.8, 4) is 0 Å². The number of hydrogen-bond donors (Lipinski definition) is 1. The Bertz CT molecular complexity index is 120. The van der Waals surface area contributed by atoms with E-state index in [9.17, 15) is 8.78 Å². The minimum Gasteiger partial charge on any atom is -0.329 e. The van der Waals surface area contributed by atoms with Gasteiger partial charge < -0.3 is 5.73 Å². The van der Waals surface area contributed by atoms with Crippen molar-refractivity contribution >= 4 is 0 Å². The van der Waals surface area contributed by atoms with E-state index in [1.807, 2.05) is 6.92 Å². The van der Waals surface area contributed by atoms with Gasteiger partial charge in [-0.05, 0) is 13.3 Å². The van der Waals surface area contributed by atoms with Crippen LogP contribution in [0.25, 0.3) is 0 Å². The summed E-state index contributed by atoms with van der Waals surface area (Å²) < 4.78 is 24.3. The SMILES string of the molecule is CCCC(C)N(CCN)CC(F)F. The van der Waals surface area contributed by atoms with E-state index in [0.717, 1.165) is 12.8 Å². The molecule has 0 amide bonds. The Kier molecular flexibility index (Phi) is 7.09. The molecule has 0 aliphatic carbocycles. The molecule has 13 heavy (non-hydrogen) atoms. The number of rotatable bonds is 7. The second-order valence-corrected chi connectivity index (χ2v) is 3.31. The first-order valence-electron chi connectivity index (χ1n) is 4.84. The molecule has 0 bridgehead atoms. The van der Waals surface area contributed by atoms with Crippen molar-refractivity contribution in [2.24, 2.45) is 5.73 Å². The standard InChI is InChI=1S/C9H20F2N2/c1-3-4-8(2)13(6-5-12)7-9(10)11/h8-9H,3-7,12H2,1-2H3. The van der Waals surface area contributed by atoms with Crippen molar-refractivity contribution in [3.05, 3.63) is 0 Å². The summed E-state index contributed by atoms with van der Waals surface area (Å²) in [4.78, 5) is 1.76. The zero-order chi connectivity index (χ0) is 10.3. The quantitative estimate of drug-likeness (QED) is 0.668. The normalized spacial score (nSPS) is 14.1. The summed E-state index contributed by atoms with van der Waals surface area (Å²) in [6.45, 7) is 4.88.